The Kier molecular flexibility index (Phi) is 5.76. The van der Waals surface area contributed by atoms with E-state index >= 15 is 0 Å². The quantitative estimate of drug-likeness (QED) is 0.663. The maximum atomic E-state index is 12.5. The molecule has 0 bridgehead atoms. The fourth-order valence-electron chi connectivity index (χ4n) is 2.62. The Labute approximate surface area is 155 Å². The predicted octanol–water partition coefficient (Wildman–Crippen LogP) is 3.12. The maximum Gasteiger partial charge on any atom is 0.235 e. The van der Waals surface area contributed by atoms with Gasteiger partial charge in [-0.3, -0.25) is 4.79 Å². The molecule has 25 heavy (non-hydrogen) atoms. The first-order chi connectivity index (χ1) is 12.1. The Morgan fingerprint density at radius 1 is 1.56 bits per heavy atom. The van der Waals surface area contributed by atoms with E-state index in [0.29, 0.717) is 19.0 Å². The molecule has 0 saturated heterocycles. The zero-order chi connectivity index (χ0) is 17.8. The predicted molar refractivity (Wildman–Crippen MR) is 98.6 cm³/mol. The molecule has 1 amide bonds. The Bertz CT molecular complexity index is 761. The van der Waals surface area contributed by atoms with E-state index in [1.54, 1.807) is 23.3 Å². The summed E-state index contributed by atoms with van der Waals surface area (Å²) < 4.78 is 2.21. The van der Waals surface area contributed by atoms with Crippen molar-refractivity contribution < 1.29 is 4.79 Å². The molecule has 6 nitrogen and oxygen atoms in total. The van der Waals surface area contributed by atoms with E-state index in [2.05, 4.69) is 32.3 Å². The van der Waals surface area contributed by atoms with Crippen molar-refractivity contribution in [2.45, 2.75) is 49.1 Å². The van der Waals surface area contributed by atoms with Crippen LogP contribution in [0.15, 0.2) is 22.7 Å². The van der Waals surface area contributed by atoms with Crippen molar-refractivity contribution in [2.24, 2.45) is 0 Å². The number of thioether (sulfide) groups is 1. The molecule has 0 aromatic carbocycles. The van der Waals surface area contributed by atoms with E-state index < -0.39 is 0 Å². The second-order valence-electron chi connectivity index (χ2n) is 6.18. The van der Waals surface area contributed by atoms with Gasteiger partial charge in [-0.05, 0) is 31.2 Å². The van der Waals surface area contributed by atoms with E-state index in [4.69, 9.17) is 5.26 Å². The van der Waals surface area contributed by atoms with Gasteiger partial charge in [0.1, 0.15) is 5.82 Å². The van der Waals surface area contributed by atoms with Crippen LogP contribution in [-0.4, -0.2) is 44.4 Å². The summed E-state index contributed by atoms with van der Waals surface area (Å²) in [5.41, 5.74) is 0. The number of hydrogen-bond acceptors (Lipinski definition) is 6. The molecule has 2 aromatic rings. The summed E-state index contributed by atoms with van der Waals surface area (Å²) in [6, 6.07) is 6.69. The minimum Gasteiger partial charge on any atom is -0.344 e. The van der Waals surface area contributed by atoms with Crippen LogP contribution < -0.4 is 0 Å². The second kappa shape index (κ2) is 8.02. The Balaban J connectivity index is 1.71. The molecule has 132 valence electrons. The SMILES string of the molecule is C[C@@H](Sc1nnc(Cc2cccs2)n1C1CC1)C(=O)N(C)CCC#N. The highest BCUT2D eigenvalue weighted by molar-refractivity contribution is 8.00. The van der Waals surface area contributed by atoms with Crippen molar-refractivity contribution in [3.63, 3.8) is 0 Å². The molecule has 0 unspecified atom stereocenters. The molecule has 0 radical (unpaired) electrons. The van der Waals surface area contributed by atoms with Gasteiger partial charge in [-0.25, -0.2) is 0 Å². The number of aromatic nitrogens is 3. The smallest absolute Gasteiger partial charge is 0.235 e. The average Bonchev–Trinajstić information content (AvgIpc) is 3.17. The number of hydrogen-bond donors (Lipinski definition) is 0. The van der Waals surface area contributed by atoms with Gasteiger partial charge in [0, 0.05) is 30.9 Å². The minimum atomic E-state index is -0.250. The molecular formula is C17H21N5OS2. The van der Waals surface area contributed by atoms with Crippen molar-refractivity contribution >= 4 is 29.0 Å². The summed E-state index contributed by atoms with van der Waals surface area (Å²) in [6.45, 7) is 2.35. The van der Waals surface area contributed by atoms with Crippen LogP contribution in [0.25, 0.3) is 0 Å². The molecule has 0 N–H and O–H groups in total. The van der Waals surface area contributed by atoms with Crippen molar-refractivity contribution in [1.29, 1.82) is 5.26 Å². The van der Waals surface area contributed by atoms with Gasteiger partial charge >= 0.3 is 0 Å². The van der Waals surface area contributed by atoms with E-state index in [9.17, 15) is 4.79 Å². The van der Waals surface area contributed by atoms with Gasteiger partial charge in [0.25, 0.3) is 0 Å². The number of nitrogens with zero attached hydrogens (tertiary/aromatic N) is 5. The molecular weight excluding hydrogens is 354 g/mol. The zero-order valence-electron chi connectivity index (χ0n) is 14.4. The van der Waals surface area contributed by atoms with E-state index in [0.717, 1.165) is 30.2 Å². The topological polar surface area (TPSA) is 74.8 Å². The molecule has 1 fully saturated rings. The average molecular weight is 376 g/mol. The Hall–Kier alpha value is -1.85. The highest BCUT2D eigenvalue weighted by Gasteiger charge is 2.31. The normalized spacial score (nSPS) is 14.9. The fraction of sp³-hybridized carbons (Fsp3) is 0.529. The van der Waals surface area contributed by atoms with Gasteiger partial charge in [0.15, 0.2) is 5.16 Å². The highest BCUT2D eigenvalue weighted by atomic mass is 32.2. The van der Waals surface area contributed by atoms with E-state index in [-0.39, 0.29) is 11.2 Å². The summed E-state index contributed by atoms with van der Waals surface area (Å²) in [7, 11) is 1.74. The second-order valence-corrected chi connectivity index (χ2v) is 8.52. The molecule has 0 aliphatic heterocycles. The first-order valence-electron chi connectivity index (χ1n) is 8.35. The highest BCUT2D eigenvalue weighted by Crippen LogP contribution is 2.40. The van der Waals surface area contributed by atoms with Crippen LogP contribution in [0.2, 0.25) is 0 Å². The standard InChI is InChI=1S/C17H21N5OS2/c1-12(16(23)21(2)9-4-8-18)25-17-20-19-15(22(17)13-6-7-13)11-14-5-3-10-24-14/h3,5,10,12-13H,4,6-7,9,11H2,1-2H3/t12-/m1/s1. The lowest BCUT2D eigenvalue weighted by molar-refractivity contribution is -0.128. The summed E-state index contributed by atoms with van der Waals surface area (Å²) in [5, 5.41) is 20.1. The molecule has 2 heterocycles. The lowest BCUT2D eigenvalue weighted by atomic mass is 10.3. The third kappa shape index (κ3) is 4.41. The molecule has 2 aromatic heterocycles. The Morgan fingerprint density at radius 2 is 2.36 bits per heavy atom. The van der Waals surface area contributed by atoms with Crippen LogP contribution in [0, 0.1) is 11.3 Å². The minimum absolute atomic E-state index is 0.0189. The third-order valence-corrected chi connectivity index (χ3v) is 6.05. The number of amides is 1. The number of carbonyl (C=O) groups excluding carboxylic acids is 1. The van der Waals surface area contributed by atoms with Crippen LogP contribution in [-0.2, 0) is 11.2 Å². The van der Waals surface area contributed by atoms with E-state index in [1.807, 2.05) is 13.0 Å². The lowest BCUT2D eigenvalue weighted by Gasteiger charge is -2.20. The van der Waals surface area contributed by atoms with Crippen molar-refractivity contribution in [2.75, 3.05) is 13.6 Å². The number of thiophene rings is 1. The van der Waals surface area contributed by atoms with Gasteiger partial charge in [-0.1, -0.05) is 17.8 Å². The van der Waals surface area contributed by atoms with Gasteiger partial charge in [-0.2, -0.15) is 5.26 Å². The first-order valence-corrected chi connectivity index (χ1v) is 10.1. The summed E-state index contributed by atoms with van der Waals surface area (Å²) in [6.07, 6.45) is 3.43. The molecule has 8 heteroatoms. The fourth-order valence-corrected chi connectivity index (χ4v) is 4.38. The third-order valence-electron chi connectivity index (χ3n) is 4.12. The number of nitriles is 1. The van der Waals surface area contributed by atoms with Crippen molar-refractivity contribution in [3.05, 3.63) is 28.2 Å². The maximum absolute atomic E-state index is 12.5. The van der Waals surface area contributed by atoms with Gasteiger partial charge in [-0.15, -0.1) is 21.5 Å². The molecule has 3 rings (SSSR count). The first kappa shape index (κ1) is 18.0. The van der Waals surface area contributed by atoms with Crippen LogP contribution >= 0.6 is 23.1 Å². The molecule has 0 spiro atoms. The van der Waals surface area contributed by atoms with Crippen LogP contribution in [0.1, 0.15) is 42.9 Å². The van der Waals surface area contributed by atoms with Crippen LogP contribution in [0.4, 0.5) is 0 Å². The van der Waals surface area contributed by atoms with Crippen LogP contribution in [0.5, 0.6) is 0 Å². The van der Waals surface area contributed by atoms with Gasteiger partial charge < -0.3 is 9.47 Å². The van der Waals surface area contributed by atoms with Gasteiger partial charge in [0.05, 0.1) is 17.7 Å². The lowest BCUT2D eigenvalue weighted by Crippen LogP contribution is -2.34. The van der Waals surface area contributed by atoms with Crippen molar-refractivity contribution in [3.8, 4) is 6.07 Å². The molecule has 1 aliphatic rings. The summed E-state index contributed by atoms with van der Waals surface area (Å²) in [4.78, 5) is 15.3. The molecule has 1 saturated carbocycles. The van der Waals surface area contributed by atoms with E-state index in [1.165, 1.54) is 16.6 Å². The largest absolute Gasteiger partial charge is 0.344 e. The van der Waals surface area contributed by atoms with Crippen LogP contribution in [0.3, 0.4) is 0 Å². The van der Waals surface area contributed by atoms with Crippen molar-refractivity contribution in [1.82, 2.24) is 19.7 Å². The number of rotatable bonds is 8. The summed E-state index contributed by atoms with van der Waals surface area (Å²) in [5.74, 6) is 0.996. The van der Waals surface area contributed by atoms with Gasteiger partial charge in [0.2, 0.25) is 5.91 Å². The molecule has 1 atom stereocenters. The Morgan fingerprint density at radius 3 is 3.00 bits per heavy atom. The summed E-state index contributed by atoms with van der Waals surface area (Å²) >= 11 is 3.18. The molecule has 1 aliphatic carbocycles. The monoisotopic (exact) mass is 375 g/mol. The number of carbonyl (C=O) groups is 1. The zero-order valence-corrected chi connectivity index (χ0v) is 16.0.